The summed E-state index contributed by atoms with van der Waals surface area (Å²) in [5, 5.41) is 6.66. The number of anilines is 1. The van der Waals surface area contributed by atoms with Crippen LogP contribution in [0.3, 0.4) is 0 Å². The Morgan fingerprint density at radius 1 is 1.39 bits per heavy atom. The van der Waals surface area contributed by atoms with E-state index in [4.69, 9.17) is 9.72 Å². The number of pyridine rings is 1. The van der Waals surface area contributed by atoms with Crippen molar-refractivity contribution in [2.45, 2.75) is 52.3 Å². The maximum Gasteiger partial charge on any atom is 0.256 e. The molecule has 31 heavy (non-hydrogen) atoms. The number of rotatable bonds is 5. The lowest BCUT2D eigenvalue weighted by Gasteiger charge is -2.26. The van der Waals surface area contributed by atoms with Gasteiger partial charge in [-0.05, 0) is 44.2 Å². The van der Waals surface area contributed by atoms with Gasteiger partial charge in [-0.2, -0.15) is 0 Å². The summed E-state index contributed by atoms with van der Waals surface area (Å²) in [5.41, 5.74) is 4.00. The molecule has 164 valence electrons. The van der Waals surface area contributed by atoms with Gasteiger partial charge in [0.05, 0.1) is 34.1 Å². The Morgan fingerprint density at radius 3 is 2.87 bits per heavy atom. The molecule has 0 bridgehead atoms. The zero-order valence-electron chi connectivity index (χ0n) is 18.0. The van der Waals surface area contributed by atoms with Crippen molar-refractivity contribution in [3.05, 3.63) is 28.6 Å². The topological polar surface area (TPSA) is 96.5 Å². The first kappa shape index (κ1) is 20.5. The lowest BCUT2D eigenvalue weighted by molar-refractivity contribution is -0.114. The number of hydrogen-bond acceptors (Lipinski definition) is 7. The zero-order valence-corrected chi connectivity index (χ0v) is 18.8. The fourth-order valence-electron chi connectivity index (χ4n) is 4.48. The highest BCUT2D eigenvalue weighted by Gasteiger charge is 2.41. The molecule has 0 radical (unpaired) electrons. The van der Waals surface area contributed by atoms with Crippen LogP contribution in [-0.2, 0) is 16.1 Å². The van der Waals surface area contributed by atoms with Crippen molar-refractivity contribution < 1.29 is 14.3 Å². The number of morpholine rings is 1. The van der Waals surface area contributed by atoms with Crippen molar-refractivity contribution in [3.63, 3.8) is 0 Å². The SMILES string of the molecule is CC(=O)Nc1nc(C)c(-c2cc3c(c([C@H]4CNCCO4)n2)C(=O)N(C(C)C2CC2)C3)s1. The summed E-state index contributed by atoms with van der Waals surface area (Å²) in [5.74, 6) is 0.517. The molecule has 2 aromatic heterocycles. The normalized spacial score (nSPS) is 21.8. The minimum atomic E-state index is -0.259. The number of carbonyl (C=O) groups excluding carboxylic acids is 2. The Kier molecular flexibility index (Phi) is 5.27. The van der Waals surface area contributed by atoms with Gasteiger partial charge in [-0.3, -0.25) is 9.59 Å². The van der Waals surface area contributed by atoms with E-state index in [-0.39, 0.29) is 24.0 Å². The third-order valence-corrected chi connectivity index (χ3v) is 7.38. The van der Waals surface area contributed by atoms with E-state index in [9.17, 15) is 9.59 Å². The molecule has 2 N–H and O–H groups in total. The molecule has 2 aliphatic heterocycles. The summed E-state index contributed by atoms with van der Waals surface area (Å²) in [4.78, 5) is 37.2. The fourth-order valence-corrected chi connectivity index (χ4v) is 5.45. The molecule has 2 amide bonds. The average molecular weight is 442 g/mol. The number of aromatic nitrogens is 2. The number of ether oxygens (including phenoxy) is 1. The van der Waals surface area contributed by atoms with Crippen LogP contribution < -0.4 is 10.6 Å². The summed E-state index contributed by atoms with van der Waals surface area (Å²) < 4.78 is 6.01. The molecule has 8 nitrogen and oxygen atoms in total. The number of fused-ring (bicyclic) bond motifs is 1. The highest BCUT2D eigenvalue weighted by molar-refractivity contribution is 7.19. The van der Waals surface area contributed by atoms with E-state index in [0.29, 0.717) is 42.0 Å². The number of nitrogens with one attached hydrogen (secondary N) is 2. The smallest absolute Gasteiger partial charge is 0.256 e. The molecule has 2 atom stereocenters. The Labute approximate surface area is 185 Å². The van der Waals surface area contributed by atoms with Crippen LogP contribution in [0.2, 0.25) is 0 Å². The Hall–Kier alpha value is -2.36. The Bertz CT molecular complexity index is 1040. The quantitative estimate of drug-likeness (QED) is 0.741. The highest BCUT2D eigenvalue weighted by atomic mass is 32.1. The Morgan fingerprint density at radius 2 is 2.19 bits per heavy atom. The molecule has 9 heteroatoms. The van der Waals surface area contributed by atoms with Crippen molar-refractivity contribution in [1.29, 1.82) is 0 Å². The summed E-state index contributed by atoms with van der Waals surface area (Å²) in [7, 11) is 0. The largest absolute Gasteiger partial charge is 0.369 e. The molecular formula is C22H27N5O3S. The van der Waals surface area contributed by atoms with Crippen LogP contribution in [0, 0.1) is 12.8 Å². The molecule has 1 saturated heterocycles. The van der Waals surface area contributed by atoms with Crippen molar-refractivity contribution in [1.82, 2.24) is 20.2 Å². The molecule has 1 aliphatic carbocycles. The number of amides is 2. The summed E-state index contributed by atoms with van der Waals surface area (Å²) in [6, 6.07) is 2.25. The molecule has 2 fully saturated rings. The first-order chi connectivity index (χ1) is 14.9. The fraction of sp³-hybridized carbons (Fsp3) is 0.545. The molecule has 0 spiro atoms. The van der Waals surface area contributed by atoms with Gasteiger partial charge in [0.1, 0.15) is 6.10 Å². The minimum Gasteiger partial charge on any atom is -0.369 e. The van der Waals surface area contributed by atoms with E-state index in [0.717, 1.165) is 28.4 Å². The van der Waals surface area contributed by atoms with Gasteiger partial charge >= 0.3 is 0 Å². The molecular weight excluding hydrogens is 414 g/mol. The molecule has 1 saturated carbocycles. The average Bonchev–Trinajstić information content (AvgIpc) is 3.46. The maximum atomic E-state index is 13.4. The molecule has 0 aromatic carbocycles. The van der Waals surface area contributed by atoms with Gasteiger partial charge in [0.2, 0.25) is 5.91 Å². The molecule has 5 rings (SSSR count). The van der Waals surface area contributed by atoms with Crippen LogP contribution in [0.15, 0.2) is 6.07 Å². The maximum absolute atomic E-state index is 13.4. The summed E-state index contributed by atoms with van der Waals surface area (Å²) in [6.07, 6.45) is 2.13. The lowest BCUT2D eigenvalue weighted by atomic mass is 10.0. The zero-order chi connectivity index (χ0) is 21.7. The van der Waals surface area contributed by atoms with Gasteiger partial charge in [0, 0.05) is 32.6 Å². The first-order valence-electron chi connectivity index (χ1n) is 10.8. The van der Waals surface area contributed by atoms with E-state index in [1.165, 1.54) is 31.1 Å². The number of aryl methyl sites for hydroxylation is 1. The number of thiazole rings is 1. The molecule has 1 unspecified atom stereocenters. The van der Waals surface area contributed by atoms with Gasteiger partial charge < -0.3 is 20.3 Å². The van der Waals surface area contributed by atoms with Crippen LogP contribution in [0.5, 0.6) is 0 Å². The highest BCUT2D eigenvalue weighted by Crippen LogP contribution is 2.41. The second-order valence-electron chi connectivity index (χ2n) is 8.62. The molecule has 3 aliphatic rings. The predicted octanol–water partition coefficient (Wildman–Crippen LogP) is 2.89. The van der Waals surface area contributed by atoms with Crippen molar-refractivity contribution in [3.8, 4) is 10.6 Å². The van der Waals surface area contributed by atoms with Gasteiger partial charge in [0.25, 0.3) is 5.91 Å². The second-order valence-corrected chi connectivity index (χ2v) is 9.62. The van der Waals surface area contributed by atoms with Crippen molar-refractivity contribution in [2.24, 2.45) is 5.92 Å². The minimum absolute atomic E-state index is 0.0672. The van der Waals surface area contributed by atoms with Crippen molar-refractivity contribution >= 4 is 28.3 Å². The Balaban J connectivity index is 1.57. The van der Waals surface area contributed by atoms with Crippen LogP contribution in [-0.4, -0.2) is 52.4 Å². The summed E-state index contributed by atoms with van der Waals surface area (Å²) in [6.45, 7) is 8.16. The van der Waals surface area contributed by atoms with Crippen LogP contribution in [0.25, 0.3) is 10.6 Å². The van der Waals surface area contributed by atoms with Gasteiger partial charge in [-0.1, -0.05) is 11.3 Å². The van der Waals surface area contributed by atoms with Gasteiger partial charge in [-0.25, -0.2) is 9.97 Å². The van der Waals surface area contributed by atoms with E-state index in [1.807, 2.05) is 17.9 Å². The van der Waals surface area contributed by atoms with Crippen LogP contribution >= 0.6 is 11.3 Å². The van der Waals surface area contributed by atoms with E-state index < -0.39 is 0 Å². The standard InChI is InChI=1S/C22H27N5O3S/c1-11-20(31-22(24-11)25-13(3)28)16-8-15-10-27(12(2)14-4-5-14)21(29)18(15)19(26-16)17-9-23-6-7-30-17/h8,12,14,17,23H,4-7,9-10H2,1-3H3,(H,24,25,28)/t12?,17-/m1/s1. The number of nitrogens with zero attached hydrogens (tertiary/aromatic N) is 3. The third-order valence-electron chi connectivity index (χ3n) is 6.29. The predicted molar refractivity (Wildman–Crippen MR) is 118 cm³/mol. The van der Waals surface area contributed by atoms with Crippen LogP contribution in [0.1, 0.15) is 60.1 Å². The first-order valence-corrected chi connectivity index (χ1v) is 11.7. The van der Waals surface area contributed by atoms with E-state index in [2.05, 4.69) is 22.5 Å². The lowest BCUT2D eigenvalue weighted by Crippen LogP contribution is -2.36. The number of carbonyl (C=O) groups is 2. The number of hydrogen-bond donors (Lipinski definition) is 2. The van der Waals surface area contributed by atoms with Crippen molar-refractivity contribution in [2.75, 3.05) is 25.0 Å². The third kappa shape index (κ3) is 3.86. The van der Waals surface area contributed by atoms with Crippen LogP contribution in [0.4, 0.5) is 5.13 Å². The molecule has 4 heterocycles. The summed E-state index contributed by atoms with van der Waals surface area (Å²) >= 11 is 1.40. The van der Waals surface area contributed by atoms with E-state index in [1.54, 1.807) is 0 Å². The van der Waals surface area contributed by atoms with Gasteiger partial charge in [-0.15, -0.1) is 0 Å². The van der Waals surface area contributed by atoms with Gasteiger partial charge in [0.15, 0.2) is 5.13 Å². The molecule has 2 aromatic rings. The van der Waals surface area contributed by atoms with E-state index >= 15 is 0 Å². The second kappa shape index (κ2) is 7.96. The monoisotopic (exact) mass is 441 g/mol.